The van der Waals surface area contributed by atoms with Gasteiger partial charge in [0.2, 0.25) is 5.91 Å². The first-order valence-electron chi connectivity index (χ1n) is 14.5. The van der Waals surface area contributed by atoms with Gasteiger partial charge in [-0.2, -0.15) is 0 Å². The van der Waals surface area contributed by atoms with Crippen molar-refractivity contribution in [1.29, 1.82) is 0 Å². The van der Waals surface area contributed by atoms with Gasteiger partial charge in [0.05, 0.1) is 37.8 Å². The number of amides is 2. The molecule has 4 atom stereocenters. The van der Waals surface area contributed by atoms with Crippen LogP contribution in [0.3, 0.4) is 0 Å². The third kappa shape index (κ3) is 5.63. The van der Waals surface area contributed by atoms with E-state index < -0.39 is 12.1 Å². The number of rotatable bonds is 8. The third-order valence-electron chi connectivity index (χ3n) is 8.37. The maximum atomic E-state index is 13.8. The second-order valence-corrected chi connectivity index (χ2v) is 11.1. The Morgan fingerprint density at radius 3 is 2.45 bits per heavy atom. The van der Waals surface area contributed by atoms with E-state index in [0.29, 0.717) is 29.2 Å². The average Bonchev–Trinajstić information content (AvgIpc) is 3.41. The van der Waals surface area contributed by atoms with Crippen molar-refractivity contribution in [2.45, 2.75) is 64.3 Å². The molecule has 2 heterocycles. The van der Waals surface area contributed by atoms with Crippen LogP contribution in [0.15, 0.2) is 71.7 Å². The van der Waals surface area contributed by atoms with Crippen molar-refractivity contribution in [3.05, 3.63) is 89.0 Å². The minimum Gasteiger partial charge on any atom is -0.493 e. The highest BCUT2D eigenvalue weighted by molar-refractivity contribution is 6.01. The normalized spacial score (nSPS) is 21.2. The van der Waals surface area contributed by atoms with Gasteiger partial charge >= 0.3 is 0 Å². The molecule has 0 saturated carbocycles. The van der Waals surface area contributed by atoms with Crippen LogP contribution in [0.4, 0.5) is 5.69 Å². The van der Waals surface area contributed by atoms with E-state index in [9.17, 15) is 14.7 Å². The predicted molar refractivity (Wildman–Crippen MR) is 164 cm³/mol. The van der Waals surface area contributed by atoms with Crippen molar-refractivity contribution in [2.24, 2.45) is 4.99 Å². The number of benzene rings is 3. The van der Waals surface area contributed by atoms with Crippen LogP contribution < -0.4 is 14.4 Å². The number of hydrogen-bond acceptors (Lipinski definition) is 6. The summed E-state index contributed by atoms with van der Waals surface area (Å²) >= 11 is 0. The first kappa shape index (κ1) is 29.3. The lowest BCUT2D eigenvalue weighted by Crippen LogP contribution is -2.41. The molecule has 1 saturated heterocycles. The summed E-state index contributed by atoms with van der Waals surface area (Å²) in [4.78, 5) is 35.0. The van der Waals surface area contributed by atoms with Crippen molar-refractivity contribution in [1.82, 2.24) is 4.90 Å². The van der Waals surface area contributed by atoms with Gasteiger partial charge < -0.3 is 24.4 Å². The quantitative estimate of drug-likeness (QED) is 0.376. The van der Waals surface area contributed by atoms with Crippen LogP contribution in [0.2, 0.25) is 0 Å². The maximum absolute atomic E-state index is 13.8. The van der Waals surface area contributed by atoms with Crippen molar-refractivity contribution >= 4 is 23.2 Å². The molecule has 1 fully saturated rings. The standard InChI is InChI=1S/C34H39N3O5/c1-6-21(2)42-31-19-28-25(16-30(31)41-5)17-32(39)37(33(28)23-10-8-7-9-11-23)26-14-12-24(13-15-26)34(40)36-20-27(38)18-29(36)22(3)35-4/h7-16,19,21,27,29,33,38H,6,17-18,20H2,1-5H3. The van der Waals surface area contributed by atoms with E-state index in [2.05, 4.69) is 11.9 Å². The lowest BCUT2D eigenvalue weighted by Gasteiger charge is -2.38. The minimum atomic E-state index is -0.583. The largest absolute Gasteiger partial charge is 0.493 e. The molecule has 5 rings (SSSR count). The highest BCUT2D eigenvalue weighted by atomic mass is 16.5. The summed E-state index contributed by atoms with van der Waals surface area (Å²) in [5, 5.41) is 10.3. The van der Waals surface area contributed by atoms with E-state index in [-0.39, 0.29) is 36.9 Å². The fraction of sp³-hybridized carbons (Fsp3) is 0.382. The lowest BCUT2D eigenvalue weighted by atomic mass is 9.86. The molecule has 2 aliphatic rings. The van der Waals surface area contributed by atoms with Crippen LogP contribution in [0.1, 0.15) is 66.7 Å². The van der Waals surface area contributed by atoms with Gasteiger partial charge in [0.25, 0.3) is 5.91 Å². The number of aliphatic imine (C=N–C) groups is 1. The number of likely N-dealkylation sites (tertiary alicyclic amines) is 1. The van der Waals surface area contributed by atoms with E-state index >= 15 is 0 Å². The molecule has 8 nitrogen and oxygen atoms in total. The van der Waals surface area contributed by atoms with E-state index in [1.807, 2.05) is 73.3 Å². The molecule has 1 N–H and O–H groups in total. The Kier molecular flexibility index (Phi) is 8.64. The maximum Gasteiger partial charge on any atom is 0.254 e. The SMILES string of the molecule is CCC(C)Oc1cc2c(cc1OC)CC(=O)N(c1ccc(C(=O)N3CC(O)CC3C(C)=NC)cc1)C2c1ccccc1. The number of β-amino-alcohol motifs (C(OH)–C–C–N with tert-alkyl or cyclic N) is 1. The van der Waals surface area contributed by atoms with Crippen molar-refractivity contribution in [3.8, 4) is 11.5 Å². The van der Waals surface area contributed by atoms with Crippen molar-refractivity contribution in [3.63, 3.8) is 0 Å². The van der Waals surface area contributed by atoms with Crippen LogP contribution in [0.25, 0.3) is 0 Å². The predicted octanol–water partition coefficient (Wildman–Crippen LogP) is 5.22. The number of ether oxygens (including phenoxy) is 2. The topological polar surface area (TPSA) is 91.7 Å². The number of carbonyl (C=O) groups excluding carboxylic acids is 2. The number of aliphatic hydroxyl groups excluding tert-OH is 1. The Morgan fingerprint density at radius 2 is 1.81 bits per heavy atom. The van der Waals surface area contributed by atoms with Gasteiger partial charge in [0, 0.05) is 37.0 Å². The van der Waals surface area contributed by atoms with Crippen LogP contribution >= 0.6 is 0 Å². The second-order valence-electron chi connectivity index (χ2n) is 11.1. The molecule has 0 spiro atoms. The molecule has 3 aromatic carbocycles. The van der Waals surface area contributed by atoms with Crippen LogP contribution in [0.5, 0.6) is 11.5 Å². The van der Waals surface area contributed by atoms with Gasteiger partial charge in [-0.25, -0.2) is 0 Å². The fourth-order valence-corrected chi connectivity index (χ4v) is 5.88. The number of nitrogens with zero attached hydrogens (tertiary/aromatic N) is 3. The van der Waals surface area contributed by atoms with Gasteiger partial charge in [-0.05, 0) is 73.4 Å². The van der Waals surface area contributed by atoms with Crippen molar-refractivity contribution < 1.29 is 24.2 Å². The molecule has 0 bridgehead atoms. The first-order chi connectivity index (χ1) is 20.2. The molecule has 220 valence electrons. The Morgan fingerprint density at radius 1 is 1.10 bits per heavy atom. The number of carbonyl (C=O) groups is 2. The average molecular weight is 570 g/mol. The Hall–Kier alpha value is -4.17. The Balaban J connectivity index is 1.53. The summed E-state index contributed by atoms with van der Waals surface area (Å²) in [6.45, 7) is 6.24. The zero-order valence-corrected chi connectivity index (χ0v) is 24.9. The van der Waals surface area contributed by atoms with E-state index in [0.717, 1.165) is 28.8 Å². The monoisotopic (exact) mass is 569 g/mol. The van der Waals surface area contributed by atoms with Gasteiger partial charge in [-0.15, -0.1) is 0 Å². The molecule has 8 heteroatoms. The molecule has 2 amide bonds. The Labute approximate surface area is 247 Å². The summed E-state index contributed by atoms with van der Waals surface area (Å²) in [6, 6.07) is 20.4. The van der Waals surface area contributed by atoms with Crippen molar-refractivity contribution in [2.75, 3.05) is 25.6 Å². The van der Waals surface area contributed by atoms with E-state index in [4.69, 9.17) is 9.47 Å². The van der Waals surface area contributed by atoms with Crippen LogP contribution in [-0.2, 0) is 11.2 Å². The van der Waals surface area contributed by atoms with Gasteiger partial charge in [-0.3, -0.25) is 14.6 Å². The molecule has 42 heavy (non-hydrogen) atoms. The highest BCUT2D eigenvalue weighted by Crippen LogP contribution is 2.43. The number of anilines is 1. The zero-order chi connectivity index (χ0) is 30.0. The number of fused-ring (bicyclic) bond motifs is 1. The smallest absolute Gasteiger partial charge is 0.254 e. The Bertz CT molecular complexity index is 1470. The minimum absolute atomic E-state index is 0.00207. The highest BCUT2D eigenvalue weighted by Gasteiger charge is 2.38. The van der Waals surface area contributed by atoms with Gasteiger partial charge in [-0.1, -0.05) is 37.3 Å². The first-order valence-corrected chi connectivity index (χ1v) is 14.5. The summed E-state index contributed by atoms with van der Waals surface area (Å²) in [7, 11) is 3.31. The van der Waals surface area contributed by atoms with E-state index in [1.54, 1.807) is 31.2 Å². The summed E-state index contributed by atoms with van der Waals surface area (Å²) in [6.07, 6.45) is 0.950. The molecular weight excluding hydrogens is 530 g/mol. The van der Waals surface area contributed by atoms with Gasteiger partial charge in [0.1, 0.15) is 0 Å². The van der Waals surface area contributed by atoms with Crippen LogP contribution in [0, 0.1) is 0 Å². The molecule has 2 aliphatic heterocycles. The fourth-order valence-electron chi connectivity index (χ4n) is 5.88. The van der Waals surface area contributed by atoms with Gasteiger partial charge in [0.15, 0.2) is 11.5 Å². The summed E-state index contributed by atoms with van der Waals surface area (Å²) in [5.74, 6) is 1.04. The second kappa shape index (κ2) is 12.4. The molecule has 0 radical (unpaired) electrons. The molecule has 0 aliphatic carbocycles. The lowest BCUT2D eigenvalue weighted by molar-refractivity contribution is -0.118. The zero-order valence-electron chi connectivity index (χ0n) is 24.9. The number of aliphatic hydroxyl groups is 1. The van der Waals surface area contributed by atoms with E-state index in [1.165, 1.54) is 0 Å². The molecule has 3 aromatic rings. The molecule has 4 unspecified atom stereocenters. The molecular formula is C34H39N3O5. The third-order valence-corrected chi connectivity index (χ3v) is 8.37. The summed E-state index contributed by atoms with van der Waals surface area (Å²) < 4.78 is 11.9. The van der Waals surface area contributed by atoms with Crippen LogP contribution in [-0.4, -0.2) is 66.5 Å². The summed E-state index contributed by atoms with van der Waals surface area (Å²) in [5.41, 5.74) is 4.85. The molecule has 0 aromatic heterocycles. The number of methoxy groups -OCH3 is 1. The number of hydrogen-bond donors (Lipinski definition) is 1.